The largest absolute Gasteiger partial charge is 0.303 e. The number of hydrogen-bond acceptors (Lipinski definition) is 2. The third-order valence-corrected chi connectivity index (χ3v) is 3.80. The molecular weight excluding hydrogens is 184 g/mol. The van der Waals surface area contributed by atoms with Crippen molar-refractivity contribution in [3.63, 3.8) is 0 Å². The zero-order chi connectivity index (χ0) is 11.5. The Labute approximate surface area is 95.6 Å². The minimum atomic E-state index is 0.571. The van der Waals surface area contributed by atoms with Crippen molar-refractivity contribution in [2.75, 3.05) is 26.7 Å². The molecule has 90 valence electrons. The van der Waals surface area contributed by atoms with Crippen LogP contribution in [0.2, 0.25) is 0 Å². The van der Waals surface area contributed by atoms with Crippen LogP contribution in [0, 0.1) is 0 Å². The predicted molar refractivity (Wildman–Crippen MR) is 67.3 cm³/mol. The van der Waals surface area contributed by atoms with Gasteiger partial charge in [0.25, 0.3) is 0 Å². The number of rotatable bonds is 1. The summed E-state index contributed by atoms with van der Waals surface area (Å²) in [6.07, 6.45) is 4.29. The molecule has 2 aliphatic rings. The molecular formula is C13H28N2. The van der Waals surface area contributed by atoms with Gasteiger partial charge in [-0.1, -0.05) is 13.8 Å². The van der Waals surface area contributed by atoms with Crippen LogP contribution in [0.5, 0.6) is 0 Å². The SMILES string of the molecule is CC.CC(C)N1CCN(C)CC12CCC2. The summed E-state index contributed by atoms with van der Waals surface area (Å²) in [6.45, 7) is 12.5. The minimum absolute atomic E-state index is 0.571. The Morgan fingerprint density at radius 2 is 1.67 bits per heavy atom. The second-order valence-corrected chi connectivity index (χ2v) is 5.10. The highest BCUT2D eigenvalue weighted by molar-refractivity contribution is 5.03. The van der Waals surface area contributed by atoms with Crippen LogP contribution in [0.15, 0.2) is 0 Å². The zero-order valence-corrected chi connectivity index (χ0v) is 11.2. The first kappa shape index (κ1) is 13.0. The van der Waals surface area contributed by atoms with E-state index in [4.69, 9.17) is 0 Å². The van der Waals surface area contributed by atoms with E-state index in [0.717, 1.165) is 6.04 Å². The molecule has 2 heteroatoms. The van der Waals surface area contributed by atoms with E-state index in [9.17, 15) is 0 Å². The first-order chi connectivity index (χ1) is 7.14. The van der Waals surface area contributed by atoms with E-state index in [0.29, 0.717) is 5.54 Å². The molecule has 15 heavy (non-hydrogen) atoms. The molecule has 0 amide bonds. The summed E-state index contributed by atoms with van der Waals surface area (Å²) in [5.74, 6) is 0. The van der Waals surface area contributed by atoms with Crippen molar-refractivity contribution in [3.05, 3.63) is 0 Å². The van der Waals surface area contributed by atoms with Crippen LogP contribution < -0.4 is 0 Å². The average molecular weight is 212 g/mol. The standard InChI is InChI=1S/C11H22N2.C2H6/c1-10(2)13-8-7-12(3)9-11(13)5-4-6-11;1-2/h10H,4-9H2,1-3H3;1-2H3. The second kappa shape index (κ2) is 5.31. The lowest BCUT2D eigenvalue weighted by Crippen LogP contribution is -2.66. The fraction of sp³-hybridized carbons (Fsp3) is 1.00. The van der Waals surface area contributed by atoms with Crippen LogP contribution in [0.3, 0.4) is 0 Å². The van der Waals surface area contributed by atoms with Crippen LogP contribution in [-0.4, -0.2) is 48.1 Å². The van der Waals surface area contributed by atoms with Gasteiger partial charge in [0.1, 0.15) is 0 Å². The molecule has 1 spiro atoms. The molecule has 0 aromatic heterocycles. The third kappa shape index (κ3) is 2.54. The molecule has 1 aliphatic heterocycles. The molecule has 0 radical (unpaired) electrons. The minimum Gasteiger partial charge on any atom is -0.303 e. The van der Waals surface area contributed by atoms with Crippen LogP contribution in [0.25, 0.3) is 0 Å². The summed E-state index contributed by atoms with van der Waals surface area (Å²) in [4.78, 5) is 5.23. The molecule has 1 saturated carbocycles. The molecule has 1 aliphatic carbocycles. The third-order valence-electron chi connectivity index (χ3n) is 3.80. The van der Waals surface area contributed by atoms with Gasteiger partial charge in [0.05, 0.1) is 0 Å². The molecule has 0 N–H and O–H groups in total. The van der Waals surface area contributed by atoms with Gasteiger partial charge in [-0.2, -0.15) is 0 Å². The molecule has 2 fully saturated rings. The van der Waals surface area contributed by atoms with Gasteiger partial charge in [-0.05, 0) is 40.2 Å². The number of piperazine rings is 1. The molecule has 0 bridgehead atoms. The van der Waals surface area contributed by atoms with E-state index in [-0.39, 0.29) is 0 Å². The monoisotopic (exact) mass is 212 g/mol. The molecule has 1 heterocycles. The van der Waals surface area contributed by atoms with Crippen molar-refractivity contribution in [2.45, 2.75) is 58.5 Å². The van der Waals surface area contributed by atoms with E-state index in [1.165, 1.54) is 38.9 Å². The quantitative estimate of drug-likeness (QED) is 0.659. The predicted octanol–water partition coefficient (Wildman–Crippen LogP) is 2.59. The van der Waals surface area contributed by atoms with Crippen molar-refractivity contribution < 1.29 is 0 Å². The smallest absolute Gasteiger partial charge is 0.0339 e. The van der Waals surface area contributed by atoms with E-state index in [1.54, 1.807) is 0 Å². The van der Waals surface area contributed by atoms with Crippen molar-refractivity contribution >= 4 is 0 Å². The normalized spacial score (nSPS) is 26.0. The molecule has 2 rings (SSSR count). The van der Waals surface area contributed by atoms with E-state index >= 15 is 0 Å². The van der Waals surface area contributed by atoms with E-state index < -0.39 is 0 Å². The molecule has 0 atom stereocenters. The van der Waals surface area contributed by atoms with Gasteiger partial charge in [0.15, 0.2) is 0 Å². The van der Waals surface area contributed by atoms with Crippen molar-refractivity contribution in [1.29, 1.82) is 0 Å². The molecule has 0 unspecified atom stereocenters. The van der Waals surface area contributed by atoms with Gasteiger partial charge >= 0.3 is 0 Å². The zero-order valence-electron chi connectivity index (χ0n) is 11.2. The van der Waals surface area contributed by atoms with Crippen molar-refractivity contribution in [3.8, 4) is 0 Å². The van der Waals surface area contributed by atoms with Gasteiger partial charge in [0.2, 0.25) is 0 Å². The number of hydrogen-bond donors (Lipinski definition) is 0. The van der Waals surface area contributed by atoms with Crippen LogP contribution in [0.4, 0.5) is 0 Å². The first-order valence-electron chi connectivity index (χ1n) is 6.59. The Morgan fingerprint density at radius 3 is 2.07 bits per heavy atom. The Balaban J connectivity index is 0.000000531. The lowest BCUT2D eigenvalue weighted by molar-refractivity contribution is -0.0631. The maximum absolute atomic E-state index is 2.73. The highest BCUT2D eigenvalue weighted by Gasteiger charge is 2.45. The Morgan fingerprint density at radius 1 is 1.07 bits per heavy atom. The summed E-state index contributed by atoms with van der Waals surface area (Å²) in [5.41, 5.74) is 0.571. The highest BCUT2D eigenvalue weighted by atomic mass is 15.3. The van der Waals surface area contributed by atoms with Crippen LogP contribution >= 0.6 is 0 Å². The fourth-order valence-corrected chi connectivity index (χ4v) is 3.02. The fourth-order valence-electron chi connectivity index (χ4n) is 3.02. The van der Waals surface area contributed by atoms with E-state index in [1.807, 2.05) is 13.8 Å². The van der Waals surface area contributed by atoms with Gasteiger partial charge in [-0.15, -0.1) is 0 Å². The second-order valence-electron chi connectivity index (χ2n) is 5.10. The Bertz CT molecular complexity index is 185. The summed E-state index contributed by atoms with van der Waals surface area (Å²) in [6, 6.07) is 0.731. The van der Waals surface area contributed by atoms with Crippen LogP contribution in [-0.2, 0) is 0 Å². The van der Waals surface area contributed by atoms with Gasteiger partial charge in [-0.3, -0.25) is 4.90 Å². The maximum atomic E-state index is 2.73. The topological polar surface area (TPSA) is 6.48 Å². The lowest BCUT2D eigenvalue weighted by atomic mass is 9.73. The molecule has 2 nitrogen and oxygen atoms in total. The number of likely N-dealkylation sites (N-methyl/N-ethyl adjacent to an activating group) is 1. The van der Waals surface area contributed by atoms with Gasteiger partial charge in [0, 0.05) is 31.2 Å². The summed E-state index contributed by atoms with van der Waals surface area (Å²) >= 11 is 0. The van der Waals surface area contributed by atoms with Crippen molar-refractivity contribution in [1.82, 2.24) is 9.80 Å². The molecule has 1 saturated heterocycles. The average Bonchev–Trinajstić information content (AvgIpc) is 2.18. The number of nitrogens with zero attached hydrogens (tertiary/aromatic N) is 2. The maximum Gasteiger partial charge on any atom is 0.0339 e. The van der Waals surface area contributed by atoms with Gasteiger partial charge in [-0.25, -0.2) is 0 Å². The highest BCUT2D eigenvalue weighted by Crippen LogP contribution is 2.40. The summed E-state index contributed by atoms with van der Waals surface area (Å²) in [7, 11) is 2.26. The summed E-state index contributed by atoms with van der Waals surface area (Å²) < 4.78 is 0. The Hall–Kier alpha value is -0.0800. The lowest BCUT2D eigenvalue weighted by Gasteiger charge is -2.57. The van der Waals surface area contributed by atoms with Crippen molar-refractivity contribution in [2.24, 2.45) is 0 Å². The van der Waals surface area contributed by atoms with Crippen LogP contribution in [0.1, 0.15) is 47.0 Å². The molecule has 0 aromatic rings. The first-order valence-corrected chi connectivity index (χ1v) is 6.59. The van der Waals surface area contributed by atoms with E-state index in [2.05, 4.69) is 30.7 Å². The molecule has 0 aromatic carbocycles. The summed E-state index contributed by atoms with van der Waals surface area (Å²) in [5, 5.41) is 0. The Kier molecular flexibility index (Phi) is 4.60. The van der Waals surface area contributed by atoms with Gasteiger partial charge < -0.3 is 4.90 Å².